The maximum Gasteiger partial charge on any atom is 0.264 e. The number of hydrogen-bond donors (Lipinski definition) is 1. The fourth-order valence-corrected chi connectivity index (χ4v) is 5.86. The van der Waals surface area contributed by atoms with Crippen LogP contribution in [-0.4, -0.2) is 43.8 Å². The average molecular weight is 570 g/mol. The molecule has 0 fully saturated rings. The summed E-state index contributed by atoms with van der Waals surface area (Å²) in [5, 5.41) is 3.32. The highest BCUT2D eigenvalue weighted by atomic mass is 35.5. The van der Waals surface area contributed by atoms with Crippen molar-refractivity contribution in [1.82, 2.24) is 10.2 Å². The number of aryl methyl sites for hydroxylation is 1. The first-order valence-corrected chi connectivity index (χ1v) is 14.9. The van der Waals surface area contributed by atoms with Gasteiger partial charge in [-0.1, -0.05) is 79.5 Å². The van der Waals surface area contributed by atoms with Crippen molar-refractivity contribution in [3.05, 3.63) is 95.0 Å². The van der Waals surface area contributed by atoms with Crippen LogP contribution < -0.4 is 9.62 Å². The molecule has 0 unspecified atom stereocenters. The molecule has 3 rings (SSSR count). The van der Waals surface area contributed by atoms with Gasteiger partial charge in [0.25, 0.3) is 10.0 Å². The lowest BCUT2D eigenvalue weighted by Crippen LogP contribution is -2.53. The summed E-state index contributed by atoms with van der Waals surface area (Å²) >= 11 is 6.21. The molecule has 9 heteroatoms. The Hall–Kier alpha value is -3.36. The van der Waals surface area contributed by atoms with Crippen LogP contribution in [-0.2, 0) is 26.2 Å². The van der Waals surface area contributed by atoms with Gasteiger partial charge in [-0.2, -0.15) is 0 Å². The van der Waals surface area contributed by atoms with Gasteiger partial charge in [-0.25, -0.2) is 8.42 Å². The molecule has 3 aromatic carbocycles. The molecule has 0 aliphatic rings. The van der Waals surface area contributed by atoms with E-state index in [2.05, 4.69) is 5.32 Å². The molecule has 2 amide bonds. The third kappa shape index (κ3) is 7.83. The Balaban J connectivity index is 2.05. The number of carbonyl (C=O) groups is 2. The number of hydrogen-bond acceptors (Lipinski definition) is 4. The van der Waals surface area contributed by atoms with Crippen molar-refractivity contribution in [2.45, 2.75) is 64.1 Å². The summed E-state index contributed by atoms with van der Waals surface area (Å²) in [6.45, 7) is 7.32. The quantitative estimate of drug-likeness (QED) is 0.309. The Bertz CT molecular complexity index is 1380. The van der Waals surface area contributed by atoms with Crippen molar-refractivity contribution in [3.63, 3.8) is 0 Å². The Morgan fingerprint density at radius 3 is 2.23 bits per heavy atom. The largest absolute Gasteiger partial charge is 0.352 e. The van der Waals surface area contributed by atoms with E-state index in [1.54, 1.807) is 36.4 Å². The third-order valence-electron chi connectivity index (χ3n) is 6.53. The van der Waals surface area contributed by atoms with E-state index in [1.165, 1.54) is 23.1 Å². The van der Waals surface area contributed by atoms with E-state index in [0.29, 0.717) is 11.4 Å². The van der Waals surface area contributed by atoms with E-state index in [1.807, 2.05) is 52.0 Å². The predicted octanol–water partition coefficient (Wildman–Crippen LogP) is 5.57. The summed E-state index contributed by atoms with van der Waals surface area (Å²) in [5.41, 5.74) is 2.12. The van der Waals surface area contributed by atoms with E-state index in [9.17, 15) is 18.0 Å². The van der Waals surface area contributed by atoms with Gasteiger partial charge < -0.3 is 10.2 Å². The first-order chi connectivity index (χ1) is 18.6. The summed E-state index contributed by atoms with van der Waals surface area (Å²) in [6.07, 6.45) is 1.11. The standard InChI is InChI=1S/C30H36ClN3O4S/c1-5-23(4)32-30(36)28(6-2)33(20-24-13-10-12-22(3)18-24)29(35)21-34(26-15-11-14-25(31)19-26)39(37,38)27-16-8-7-9-17-27/h7-19,23,28H,5-6,20-21H2,1-4H3,(H,32,36)/t23-,28+/m1/s1. The second-order valence-corrected chi connectivity index (χ2v) is 11.9. The molecule has 0 heterocycles. The van der Waals surface area contributed by atoms with E-state index in [4.69, 9.17) is 11.6 Å². The van der Waals surface area contributed by atoms with Crippen molar-refractivity contribution >= 4 is 39.1 Å². The van der Waals surface area contributed by atoms with Crippen LogP contribution in [0.3, 0.4) is 0 Å². The lowest BCUT2D eigenvalue weighted by atomic mass is 10.1. The van der Waals surface area contributed by atoms with Crippen LogP contribution in [0.1, 0.15) is 44.7 Å². The second kappa shape index (κ2) is 13.6. The zero-order valence-electron chi connectivity index (χ0n) is 22.8. The number of benzene rings is 3. The van der Waals surface area contributed by atoms with Crippen LogP contribution in [0.2, 0.25) is 5.02 Å². The van der Waals surface area contributed by atoms with Gasteiger partial charge in [-0.05, 0) is 62.6 Å². The molecule has 0 spiro atoms. The molecule has 0 radical (unpaired) electrons. The van der Waals surface area contributed by atoms with Crippen LogP contribution >= 0.6 is 11.6 Å². The Labute approximate surface area is 236 Å². The minimum Gasteiger partial charge on any atom is -0.352 e. The first-order valence-electron chi connectivity index (χ1n) is 13.1. The molecule has 0 bridgehead atoms. The molecule has 0 saturated carbocycles. The van der Waals surface area contributed by atoms with Crippen molar-refractivity contribution in [2.75, 3.05) is 10.8 Å². The molecule has 3 aromatic rings. The minimum atomic E-state index is -4.13. The molecule has 39 heavy (non-hydrogen) atoms. The van der Waals surface area contributed by atoms with Crippen molar-refractivity contribution in [1.29, 1.82) is 0 Å². The molecule has 0 aromatic heterocycles. The van der Waals surface area contributed by atoms with Crippen LogP contribution in [0.25, 0.3) is 0 Å². The highest BCUT2D eigenvalue weighted by molar-refractivity contribution is 7.92. The van der Waals surface area contributed by atoms with E-state index < -0.39 is 28.5 Å². The van der Waals surface area contributed by atoms with Crippen LogP contribution in [0, 0.1) is 6.92 Å². The van der Waals surface area contributed by atoms with Crippen LogP contribution in [0.4, 0.5) is 5.69 Å². The number of nitrogens with one attached hydrogen (secondary N) is 1. The molecular weight excluding hydrogens is 534 g/mol. The van der Waals surface area contributed by atoms with E-state index in [0.717, 1.165) is 21.9 Å². The van der Waals surface area contributed by atoms with E-state index in [-0.39, 0.29) is 29.1 Å². The van der Waals surface area contributed by atoms with Gasteiger partial charge in [-0.3, -0.25) is 13.9 Å². The number of nitrogens with zero attached hydrogens (tertiary/aromatic N) is 2. The topological polar surface area (TPSA) is 86.8 Å². The maximum atomic E-state index is 14.0. The van der Waals surface area contributed by atoms with Crippen molar-refractivity contribution in [3.8, 4) is 0 Å². The number of sulfonamides is 1. The summed E-state index contributed by atoms with van der Waals surface area (Å²) in [6, 6.07) is 21.2. The van der Waals surface area contributed by atoms with Gasteiger partial charge in [0.2, 0.25) is 11.8 Å². The molecule has 0 saturated heterocycles. The Morgan fingerprint density at radius 1 is 0.923 bits per heavy atom. The number of carbonyl (C=O) groups excluding carboxylic acids is 2. The number of rotatable bonds is 12. The smallest absolute Gasteiger partial charge is 0.264 e. The van der Waals surface area contributed by atoms with Crippen molar-refractivity contribution in [2.24, 2.45) is 0 Å². The van der Waals surface area contributed by atoms with Gasteiger partial charge in [0.15, 0.2) is 0 Å². The molecule has 7 nitrogen and oxygen atoms in total. The Kier molecular flexibility index (Phi) is 10.5. The summed E-state index contributed by atoms with van der Waals surface area (Å²) in [7, 11) is -4.13. The molecule has 1 N–H and O–H groups in total. The predicted molar refractivity (Wildman–Crippen MR) is 156 cm³/mol. The maximum absolute atomic E-state index is 14.0. The molecule has 0 aliphatic carbocycles. The molecular formula is C30H36ClN3O4S. The SMILES string of the molecule is CC[C@@H](C)NC(=O)[C@H](CC)N(Cc1cccc(C)c1)C(=O)CN(c1cccc(Cl)c1)S(=O)(=O)c1ccccc1. The fourth-order valence-electron chi connectivity index (χ4n) is 4.25. The number of amides is 2. The molecule has 0 aliphatic heterocycles. The zero-order valence-corrected chi connectivity index (χ0v) is 24.4. The lowest BCUT2D eigenvalue weighted by Gasteiger charge is -2.33. The van der Waals surface area contributed by atoms with Crippen LogP contribution in [0.15, 0.2) is 83.8 Å². The lowest BCUT2D eigenvalue weighted by molar-refractivity contribution is -0.140. The molecule has 208 valence electrons. The van der Waals surface area contributed by atoms with E-state index >= 15 is 0 Å². The highest BCUT2D eigenvalue weighted by Gasteiger charge is 2.34. The van der Waals surface area contributed by atoms with Gasteiger partial charge in [0, 0.05) is 17.6 Å². The summed E-state index contributed by atoms with van der Waals surface area (Å²) in [5.74, 6) is -0.768. The van der Waals surface area contributed by atoms with Gasteiger partial charge in [0.05, 0.1) is 10.6 Å². The zero-order chi connectivity index (χ0) is 28.6. The minimum absolute atomic E-state index is 0.0459. The molecule has 2 atom stereocenters. The van der Waals surface area contributed by atoms with Crippen molar-refractivity contribution < 1.29 is 18.0 Å². The third-order valence-corrected chi connectivity index (χ3v) is 8.55. The Morgan fingerprint density at radius 2 is 1.62 bits per heavy atom. The second-order valence-electron chi connectivity index (χ2n) is 9.56. The number of anilines is 1. The van der Waals surface area contributed by atoms with Gasteiger partial charge in [0.1, 0.15) is 12.6 Å². The monoisotopic (exact) mass is 569 g/mol. The highest BCUT2D eigenvalue weighted by Crippen LogP contribution is 2.27. The normalized spacial score (nSPS) is 12.8. The summed E-state index contributed by atoms with van der Waals surface area (Å²) < 4.78 is 28.6. The number of halogens is 1. The van der Waals surface area contributed by atoms with Crippen LogP contribution in [0.5, 0.6) is 0 Å². The van der Waals surface area contributed by atoms with Gasteiger partial charge in [-0.15, -0.1) is 0 Å². The van der Waals surface area contributed by atoms with Gasteiger partial charge >= 0.3 is 0 Å². The average Bonchev–Trinajstić information content (AvgIpc) is 2.91. The fraction of sp³-hybridized carbons (Fsp3) is 0.333. The summed E-state index contributed by atoms with van der Waals surface area (Å²) in [4.78, 5) is 28.9. The first kappa shape index (κ1) is 30.2.